The maximum absolute atomic E-state index is 12.6. The standard InChI is InChI=1S/C19H21NO3S/c1-11-16(19(22)23-2)17(12-7-9-13(24-3)10-8-12)18-14(20-11)5-4-6-15(18)21/h7-10,17,20H,4-6H2,1-3H3/t17-/m1/s1. The minimum atomic E-state index is -0.385. The second-order valence-corrected chi connectivity index (χ2v) is 6.91. The van der Waals surface area contributed by atoms with Crippen LogP contribution >= 0.6 is 11.8 Å². The number of ether oxygens (including phenoxy) is 1. The third-order valence-electron chi connectivity index (χ3n) is 4.63. The molecule has 0 saturated heterocycles. The van der Waals surface area contributed by atoms with Gasteiger partial charge in [-0.25, -0.2) is 4.79 Å². The third-order valence-corrected chi connectivity index (χ3v) is 5.37. The molecule has 0 radical (unpaired) electrons. The Bertz CT molecular complexity index is 746. The molecule has 1 aromatic rings. The minimum Gasteiger partial charge on any atom is -0.466 e. The number of carbonyl (C=O) groups excluding carboxylic acids is 2. The summed E-state index contributed by atoms with van der Waals surface area (Å²) >= 11 is 1.66. The number of thioether (sulfide) groups is 1. The van der Waals surface area contributed by atoms with Gasteiger partial charge in [-0.15, -0.1) is 11.8 Å². The molecular formula is C19H21NO3S. The van der Waals surface area contributed by atoms with E-state index in [-0.39, 0.29) is 17.7 Å². The van der Waals surface area contributed by atoms with E-state index in [1.165, 1.54) is 7.11 Å². The van der Waals surface area contributed by atoms with E-state index in [1.807, 2.05) is 37.4 Å². The second kappa shape index (κ2) is 6.85. The van der Waals surface area contributed by atoms with Gasteiger partial charge in [-0.3, -0.25) is 4.79 Å². The topological polar surface area (TPSA) is 55.4 Å². The molecule has 1 atom stereocenters. The van der Waals surface area contributed by atoms with E-state index >= 15 is 0 Å². The molecule has 0 bridgehead atoms. The third kappa shape index (κ3) is 2.88. The van der Waals surface area contributed by atoms with Crippen LogP contribution in [0.3, 0.4) is 0 Å². The van der Waals surface area contributed by atoms with Gasteiger partial charge in [0.25, 0.3) is 0 Å². The smallest absolute Gasteiger partial charge is 0.336 e. The highest BCUT2D eigenvalue weighted by Gasteiger charge is 2.38. The fraction of sp³-hybridized carbons (Fsp3) is 0.368. The molecule has 2 aliphatic rings. The van der Waals surface area contributed by atoms with Crippen molar-refractivity contribution in [1.29, 1.82) is 0 Å². The average molecular weight is 343 g/mol. The van der Waals surface area contributed by atoms with Gasteiger partial charge in [0.1, 0.15) is 0 Å². The Labute approximate surface area is 146 Å². The van der Waals surface area contributed by atoms with Crippen LogP contribution in [0.1, 0.15) is 37.7 Å². The van der Waals surface area contributed by atoms with Crippen molar-refractivity contribution >= 4 is 23.5 Å². The maximum Gasteiger partial charge on any atom is 0.336 e. The first-order valence-corrected chi connectivity index (χ1v) is 9.25. The summed E-state index contributed by atoms with van der Waals surface area (Å²) in [5.74, 6) is -0.613. The highest BCUT2D eigenvalue weighted by Crippen LogP contribution is 2.42. The van der Waals surface area contributed by atoms with E-state index in [0.29, 0.717) is 12.0 Å². The van der Waals surface area contributed by atoms with Crippen molar-refractivity contribution in [2.45, 2.75) is 37.0 Å². The predicted octanol–water partition coefficient (Wildman–Crippen LogP) is 3.55. The van der Waals surface area contributed by atoms with Crippen molar-refractivity contribution in [3.05, 3.63) is 52.4 Å². The van der Waals surface area contributed by atoms with Crippen molar-refractivity contribution in [1.82, 2.24) is 5.32 Å². The van der Waals surface area contributed by atoms with E-state index in [1.54, 1.807) is 11.8 Å². The lowest BCUT2D eigenvalue weighted by Crippen LogP contribution is -2.34. The Balaban J connectivity index is 2.15. The van der Waals surface area contributed by atoms with Gasteiger partial charge in [-0.2, -0.15) is 0 Å². The molecule has 1 N–H and O–H groups in total. The van der Waals surface area contributed by atoms with Crippen LogP contribution in [0.25, 0.3) is 0 Å². The van der Waals surface area contributed by atoms with Crippen molar-refractivity contribution in [2.75, 3.05) is 13.4 Å². The summed E-state index contributed by atoms with van der Waals surface area (Å²) in [7, 11) is 1.38. The molecule has 24 heavy (non-hydrogen) atoms. The summed E-state index contributed by atoms with van der Waals surface area (Å²) in [5.41, 5.74) is 3.94. The number of dihydropyridines is 1. The summed E-state index contributed by atoms with van der Waals surface area (Å²) < 4.78 is 5.00. The lowest BCUT2D eigenvalue weighted by atomic mass is 9.75. The summed E-state index contributed by atoms with van der Waals surface area (Å²) in [4.78, 5) is 26.2. The van der Waals surface area contributed by atoms with Crippen LogP contribution in [-0.2, 0) is 14.3 Å². The molecule has 1 aliphatic heterocycles. The van der Waals surface area contributed by atoms with Crippen LogP contribution in [0, 0.1) is 0 Å². The van der Waals surface area contributed by atoms with Gasteiger partial charge < -0.3 is 10.1 Å². The molecule has 1 aliphatic carbocycles. The van der Waals surface area contributed by atoms with Crippen LogP contribution in [-0.4, -0.2) is 25.1 Å². The minimum absolute atomic E-state index is 0.122. The first-order chi connectivity index (χ1) is 11.6. The van der Waals surface area contributed by atoms with Crippen molar-refractivity contribution in [3.63, 3.8) is 0 Å². The van der Waals surface area contributed by atoms with Gasteiger partial charge in [0.15, 0.2) is 5.78 Å². The Kier molecular flexibility index (Phi) is 4.81. The number of nitrogens with one attached hydrogen (secondary N) is 1. The maximum atomic E-state index is 12.6. The molecule has 5 heteroatoms. The molecule has 0 fully saturated rings. The number of carbonyl (C=O) groups is 2. The molecule has 3 rings (SSSR count). The van der Waals surface area contributed by atoms with Crippen molar-refractivity contribution < 1.29 is 14.3 Å². The van der Waals surface area contributed by atoms with Crippen molar-refractivity contribution in [2.24, 2.45) is 0 Å². The van der Waals surface area contributed by atoms with E-state index in [2.05, 4.69) is 5.32 Å². The van der Waals surface area contributed by atoms with Gasteiger partial charge in [0, 0.05) is 34.2 Å². The van der Waals surface area contributed by atoms with Gasteiger partial charge in [-0.1, -0.05) is 12.1 Å². The number of allylic oxidation sites excluding steroid dienone is 3. The Hall–Kier alpha value is -2.01. The van der Waals surface area contributed by atoms with Crippen LogP contribution < -0.4 is 5.32 Å². The zero-order valence-corrected chi connectivity index (χ0v) is 15.0. The van der Waals surface area contributed by atoms with Crippen molar-refractivity contribution in [3.8, 4) is 0 Å². The van der Waals surface area contributed by atoms with E-state index in [4.69, 9.17) is 4.74 Å². The number of hydrogen-bond acceptors (Lipinski definition) is 5. The molecule has 0 spiro atoms. The Morgan fingerprint density at radius 1 is 1.25 bits per heavy atom. The van der Waals surface area contributed by atoms with Crippen LogP contribution in [0.2, 0.25) is 0 Å². The van der Waals surface area contributed by atoms with Gasteiger partial charge >= 0.3 is 5.97 Å². The molecule has 126 valence electrons. The van der Waals surface area contributed by atoms with Crippen LogP contribution in [0.4, 0.5) is 0 Å². The normalized spacial score (nSPS) is 20.6. The molecule has 0 aromatic heterocycles. The number of benzene rings is 1. The summed E-state index contributed by atoms with van der Waals surface area (Å²) in [6.45, 7) is 1.87. The van der Waals surface area contributed by atoms with Crippen LogP contribution in [0.5, 0.6) is 0 Å². The fourth-order valence-corrected chi connectivity index (χ4v) is 3.90. The zero-order chi connectivity index (χ0) is 17.3. The SMILES string of the molecule is COC(=O)C1=C(C)NC2=C(C(=O)CCC2)[C@@H]1c1ccc(SC)cc1. The molecule has 0 amide bonds. The number of esters is 1. The molecule has 0 saturated carbocycles. The monoisotopic (exact) mass is 343 g/mol. The summed E-state index contributed by atoms with van der Waals surface area (Å²) in [5, 5.41) is 3.27. The largest absolute Gasteiger partial charge is 0.466 e. The van der Waals surface area contributed by atoms with E-state index in [9.17, 15) is 9.59 Å². The fourth-order valence-electron chi connectivity index (χ4n) is 3.49. The van der Waals surface area contributed by atoms with E-state index in [0.717, 1.165) is 40.3 Å². The number of ketones is 1. The average Bonchev–Trinajstić information content (AvgIpc) is 2.60. The molecule has 1 aromatic carbocycles. The van der Waals surface area contributed by atoms with Gasteiger partial charge in [-0.05, 0) is 43.7 Å². The molecule has 4 nitrogen and oxygen atoms in total. The van der Waals surface area contributed by atoms with Crippen LogP contribution in [0.15, 0.2) is 51.7 Å². The summed E-state index contributed by atoms with van der Waals surface area (Å²) in [6.07, 6.45) is 4.25. The predicted molar refractivity (Wildman–Crippen MR) is 94.7 cm³/mol. The second-order valence-electron chi connectivity index (χ2n) is 6.03. The quantitative estimate of drug-likeness (QED) is 0.672. The number of hydrogen-bond donors (Lipinski definition) is 1. The zero-order valence-electron chi connectivity index (χ0n) is 14.1. The highest BCUT2D eigenvalue weighted by atomic mass is 32.2. The summed E-state index contributed by atoms with van der Waals surface area (Å²) in [6, 6.07) is 8.06. The highest BCUT2D eigenvalue weighted by molar-refractivity contribution is 7.98. The molecular weight excluding hydrogens is 322 g/mol. The molecule has 1 heterocycles. The lowest BCUT2D eigenvalue weighted by Gasteiger charge is -2.34. The van der Waals surface area contributed by atoms with Gasteiger partial charge in [0.05, 0.1) is 12.7 Å². The lowest BCUT2D eigenvalue weighted by molar-refractivity contribution is -0.136. The Morgan fingerprint density at radius 3 is 2.58 bits per heavy atom. The van der Waals surface area contributed by atoms with E-state index < -0.39 is 0 Å². The first kappa shape index (κ1) is 16.8. The van der Waals surface area contributed by atoms with Gasteiger partial charge in [0.2, 0.25) is 0 Å². The number of rotatable bonds is 3. The number of methoxy groups -OCH3 is 1. The number of Topliss-reactive ketones (excluding diaryl/α,β-unsaturated/α-hetero) is 1. The molecule has 0 unspecified atom stereocenters. The Morgan fingerprint density at radius 2 is 1.96 bits per heavy atom. The first-order valence-electron chi connectivity index (χ1n) is 8.03.